The molecule has 1 atom stereocenters. The molecule has 1 aliphatic heterocycles. The number of halogens is 2. The van der Waals surface area contributed by atoms with Gasteiger partial charge in [-0.1, -0.05) is 12.1 Å². The molecule has 2 amide bonds. The third-order valence-corrected chi connectivity index (χ3v) is 6.95. The zero-order valence-corrected chi connectivity index (χ0v) is 21.3. The number of carbonyl (C=O) groups excluding carboxylic acids is 2. The van der Waals surface area contributed by atoms with E-state index in [1.165, 1.54) is 7.05 Å². The number of carbonyl (C=O) groups is 2. The Balaban J connectivity index is 1.65. The minimum absolute atomic E-state index is 0.0462. The molecule has 2 heterocycles. The number of piperazine rings is 1. The molecule has 196 valence electrons. The highest BCUT2D eigenvalue weighted by Crippen LogP contribution is 2.45. The Morgan fingerprint density at radius 1 is 1.27 bits per heavy atom. The van der Waals surface area contributed by atoms with Gasteiger partial charge in [0, 0.05) is 57.0 Å². The number of nitrogens with zero attached hydrogens (tertiary/aromatic N) is 5. The van der Waals surface area contributed by atoms with Crippen LogP contribution < -0.4 is 9.80 Å². The SMILES string of the molecule is COCCC(=O)N1CCN(c2nc(C3CC3)c(-c3cccc(N(C)C(=O)C(F)F)c3)cc2C#N)C[C@H]1C. The van der Waals surface area contributed by atoms with Crippen molar-refractivity contribution in [1.82, 2.24) is 9.88 Å². The van der Waals surface area contributed by atoms with E-state index in [4.69, 9.17) is 9.72 Å². The van der Waals surface area contributed by atoms with Gasteiger partial charge in [0.2, 0.25) is 5.91 Å². The van der Waals surface area contributed by atoms with Gasteiger partial charge >= 0.3 is 6.43 Å². The number of benzene rings is 1. The minimum atomic E-state index is -3.10. The van der Waals surface area contributed by atoms with Crippen molar-refractivity contribution < 1.29 is 23.1 Å². The largest absolute Gasteiger partial charge is 0.384 e. The first kappa shape index (κ1) is 26.5. The molecule has 0 N–H and O–H groups in total. The van der Waals surface area contributed by atoms with Crippen LogP contribution in [0.25, 0.3) is 11.1 Å². The van der Waals surface area contributed by atoms with Crippen molar-refractivity contribution in [3.05, 3.63) is 41.6 Å². The molecule has 37 heavy (non-hydrogen) atoms. The normalized spacial score (nSPS) is 17.6. The van der Waals surface area contributed by atoms with E-state index in [9.17, 15) is 23.6 Å². The third kappa shape index (κ3) is 5.72. The van der Waals surface area contributed by atoms with Crippen molar-refractivity contribution in [3.8, 4) is 17.2 Å². The first-order chi connectivity index (χ1) is 17.7. The zero-order valence-electron chi connectivity index (χ0n) is 21.3. The lowest BCUT2D eigenvalue weighted by molar-refractivity contribution is -0.134. The fraction of sp³-hybridized carbons (Fsp3) is 0.481. The van der Waals surface area contributed by atoms with Crippen LogP contribution in [0.5, 0.6) is 0 Å². The predicted molar refractivity (Wildman–Crippen MR) is 136 cm³/mol. The Bertz CT molecular complexity index is 1210. The number of aromatic nitrogens is 1. The molecule has 2 aromatic rings. The van der Waals surface area contributed by atoms with Crippen LogP contribution in [0, 0.1) is 11.3 Å². The maximum atomic E-state index is 13.0. The van der Waals surface area contributed by atoms with Crippen LogP contribution in [-0.2, 0) is 14.3 Å². The molecular formula is C27H31F2N5O3. The summed E-state index contributed by atoms with van der Waals surface area (Å²) in [7, 11) is 2.89. The number of alkyl halides is 2. The fourth-order valence-corrected chi connectivity index (χ4v) is 4.75. The lowest BCUT2D eigenvalue weighted by Crippen LogP contribution is -2.54. The summed E-state index contributed by atoms with van der Waals surface area (Å²) < 4.78 is 31.0. The van der Waals surface area contributed by atoms with Crippen molar-refractivity contribution in [2.75, 3.05) is 50.2 Å². The summed E-state index contributed by atoms with van der Waals surface area (Å²) in [5, 5.41) is 10.0. The molecule has 10 heteroatoms. The van der Waals surface area contributed by atoms with Crippen LogP contribution in [0.15, 0.2) is 30.3 Å². The Labute approximate surface area is 215 Å². The molecule has 0 radical (unpaired) electrons. The van der Waals surface area contributed by atoms with Gasteiger partial charge in [-0.05, 0) is 43.5 Å². The average Bonchev–Trinajstić information content (AvgIpc) is 3.75. The van der Waals surface area contributed by atoms with E-state index < -0.39 is 12.3 Å². The highest BCUT2D eigenvalue weighted by molar-refractivity contribution is 5.95. The minimum Gasteiger partial charge on any atom is -0.384 e. The van der Waals surface area contributed by atoms with Gasteiger partial charge in [-0.25, -0.2) is 4.98 Å². The predicted octanol–water partition coefficient (Wildman–Crippen LogP) is 3.80. The van der Waals surface area contributed by atoms with Crippen molar-refractivity contribution in [2.24, 2.45) is 0 Å². The van der Waals surface area contributed by atoms with Crippen LogP contribution in [0.1, 0.15) is 43.4 Å². The first-order valence-electron chi connectivity index (χ1n) is 12.4. The van der Waals surface area contributed by atoms with Crippen LogP contribution in [-0.4, -0.2) is 74.6 Å². The second-order valence-corrected chi connectivity index (χ2v) is 9.55. The number of ether oxygens (including phenoxy) is 1. The molecule has 4 rings (SSSR count). The number of nitriles is 1. The summed E-state index contributed by atoms with van der Waals surface area (Å²) in [6, 6.07) is 10.9. The van der Waals surface area contributed by atoms with Gasteiger partial charge in [-0.3, -0.25) is 9.59 Å². The Kier molecular flexibility index (Phi) is 8.03. The van der Waals surface area contributed by atoms with Gasteiger partial charge in [-0.15, -0.1) is 0 Å². The first-order valence-corrected chi connectivity index (χ1v) is 12.4. The van der Waals surface area contributed by atoms with Crippen LogP contribution in [0.2, 0.25) is 0 Å². The quantitative estimate of drug-likeness (QED) is 0.536. The van der Waals surface area contributed by atoms with E-state index in [0.29, 0.717) is 55.3 Å². The lowest BCUT2D eigenvalue weighted by atomic mass is 9.98. The average molecular weight is 512 g/mol. The van der Waals surface area contributed by atoms with Gasteiger partial charge < -0.3 is 19.4 Å². The van der Waals surface area contributed by atoms with E-state index >= 15 is 0 Å². The second-order valence-electron chi connectivity index (χ2n) is 9.55. The van der Waals surface area contributed by atoms with E-state index in [1.807, 2.05) is 24.0 Å². The smallest absolute Gasteiger partial charge is 0.316 e. The van der Waals surface area contributed by atoms with Crippen LogP contribution >= 0.6 is 0 Å². The summed E-state index contributed by atoms with van der Waals surface area (Å²) in [6.45, 7) is 4.01. The molecule has 1 aromatic carbocycles. The molecule has 1 aromatic heterocycles. The maximum Gasteiger partial charge on any atom is 0.316 e. The van der Waals surface area contributed by atoms with Gasteiger partial charge in [0.05, 0.1) is 24.3 Å². The van der Waals surface area contributed by atoms with E-state index in [2.05, 4.69) is 11.0 Å². The summed E-state index contributed by atoms with van der Waals surface area (Å²) in [6.07, 6.45) is -0.805. The highest BCUT2D eigenvalue weighted by Gasteiger charge is 2.33. The summed E-state index contributed by atoms with van der Waals surface area (Å²) >= 11 is 0. The molecule has 2 aliphatic rings. The van der Waals surface area contributed by atoms with E-state index in [0.717, 1.165) is 29.0 Å². The van der Waals surface area contributed by atoms with Crippen molar-refractivity contribution in [1.29, 1.82) is 5.26 Å². The molecule has 1 saturated heterocycles. The molecule has 0 unspecified atom stereocenters. The molecule has 1 aliphatic carbocycles. The molecule has 1 saturated carbocycles. The number of rotatable bonds is 8. The Hall–Kier alpha value is -3.58. The summed E-state index contributed by atoms with van der Waals surface area (Å²) in [5.41, 5.74) is 3.10. The maximum absolute atomic E-state index is 13.0. The van der Waals surface area contributed by atoms with E-state index in [-0.39, 0.29) is 17.9 Å². The Morgan fingerprint density at radius 3 is 2.65 bits per heavy atom. The molecule has 2 fully saturated rings. The van der Waals surface area contributed by atoms with Gasteiger partial charge in [0.1, 0.15) is 11.9 Å². The molecular weight excluding hydrogens is 480 g/mol. The molecule has 0 bridgehead atoms. The van der Waals surface area contributed by atoms with E-state index in [1.54, 1.807) is 25.3 Å². The molecule has 0 spiro atoms. The Morgan fingerprint density at radius 2 is 2.03 bits per heavy atom. The van der Waals surface area contributed by atoms with Gasteiger partial charge in [-0.2, -0.15) is 14.0 Å². The second kappa shape index (κ2) is 11.2. The van der Waals surface area contributed by atoms with Crippen molar-refractivity contribution >= 4 is 23.3 Å². The fourth-order valence-electron chi connectivity index (χ4n) is 4.75. The molecule has 8 nitrogen and oxygen atoms in total. The van der Waals surface area contributed by atoms with Crippen LogP contribution in [0.4, 0.5) is 20.3 Å². The topological polar surface area (TPSA) is 89.8 Å². The van der Waals surface area contributed by atoms with Crippen molar-refractivity contribution in [2.45, 2.75) is 44.6 Å². The monoisotopic (exact) mass is 511 g/mol. The number of methoxy groups -OCH3 is 1. The number of amides is 2. The zero-order chi connectivity index (χ0) is 26.7. The third-order valence-electron chi connectivity index (χ3n) is 6.95. The highest BCUT2D eigenvalue weighted by atomic mass is 19.3. The van der Waals surface area contributed by atoms with Gasteiger partial charge in [0.15, 0.2) is 0 Å². The van der Waals surface area contributed by atoms with Crippen molar-refractivity contribution in [3.63, 3.8) is 0 Å². The standard InChI is InChI=1S/C27H31F2N5O3/c1-17-16-33(10-11-34(17)23(35)9-12-37-3)26-20(15-30)14-22(24(31-26)18-7-8-18)19-5-4-6-21(13-19)32(2)27(36)25(28)29/h4-6,13-14,17-18,25H,7-12,16H2,1-3H3/t17-/m1/s1. The number of anilines is 2. The lowest BCUT2D eigenvalue weighted by Gasteiger charge is -2.41. The van der Waals surface area contributed by atoms with Crippen LogP contribution in [0.3, 0.4) is 0 Å². The number of pyridine rings is 1. The summed E-state index contributed by atoms with van der Waals surface area (Å²) in [4.78, 5) is 34.2. The number of hydrogen-bond donors (Lipinski definition) is 0. The summed E-state index contributed by atoms with van der Waals surface area (Å²) in [5.74, 6) is -0.378. The number of hydrogen-bond acceptors (Lipinski definition) is 6. The van der Waals surface area contributed by atoms with Gasteiger partial charge in [0.25, 0.3) is 5.91 Å².